The molecule has 5 nitrogen and oxygen atoms in total. The normalized spacial score (nSPS) is 11.9. The fourth-order valence-electron chi connectivity index (χ4n) is 1.10. The molecule has 0 radical (unpaired) electrons. The van der Waals surface area contributed by atoms with Gasteiger partial charge < -0.3 is 22.4 Å². The Hall–Kier alpha value is -0.663. The van der Waals surface area contributed by atoms with E-state index in [1.54, 1.807) is 27.6 Å². The highest BCUT2D eigenvalue weighted by Crippen LogP contribution is 2.08. The third-order valence-corrected chi connectivity index (χ3v) is 4.46. The van der Waals surface area contributed by atoms with Crippen molar-refractivity contribution in [1.82, 2.24) is 0 Å². The van der Waals surface area contributed by atoms with Gasteiger partial charge in [0, 0.05) is 21.3 Å². The predicted molar refractivity (Wildman–Crippen MR) is 55.1 cm³/mol. The van der Waals surface area contributed by atoms with Gasteiger partial charge in [-0.2, -0.15) is 0 Å². The largest absolute Gasteiger partial charge is 0.527 e. The minimum atomic E-state index is -2.61. The minimum absolute atomic E-state index is 0.303. The highest BCUT2D eigenvalue weighted by atomic mass is 28.4. The van der Waals surface area contributed by atoms with E-state index in [1.807, 2.05) is 12.1 Å². The summed E-state index contributed by atoms with van der Waals surface area (Å²) < 4.78 is 26.1. The zero-order valence-corrected chi connectivity index (χ0v) is 10.2. The molecule has 0 aliphatic carbocycles. The van der Waals surface area contributed by atoms with Crippen LogP contribution in [0.3, 0.4) is 0 Å². The van der Waals surface area contributed by atoms with Crippen molar-refractivity contribution in [2.24, 2.45) is 0 Å². The third kappa shape index (κ3) is 3.44. The maximum atomic E-state index is 5.41. The fourth-order valence-corrected chi connectivity index (χ4v) is 2.30. The van der Waals surface area contributed by atoms with Gasteiger partial charge in [0.25, 0.3) is 0 Å². The first-order valence-corrected chi connectivity index (χ1v) is 6.45. The molecule has 0 aliphatic rings. The van der Waals surface area contributed by atoms with Crippen molar-refractivity contribution < 1.29 is 22.4 Å². The summed E-state index contributed by atoms with van der Waals surface area (Å²) in [6, 6.07) is 3.65. The Morgan fingerprint density at radius 2 is 1.87 bits per heavy atom. The summed E-state index contributed by atoms with van der Waals surface area (Å²) in [5, 5.41) is 0. The standard InChI is InChI=1S/C9H16O5Si/c1-10-15(11-2,12-3)8-13-7-9-5-4-6-14-9/h4-6H,7-8H2,1-3H3. The van der Waals surface area contributed by atoms with Crippen LogP contribution in [-0.4, -0.2) is 36.4 Å². The first kappa shape index (κ1) is 12.4. The van der Waals surface area contributed by atoms with Gasteiger partial charge in [0.05, 0.1) is 6.26 Å². The lowest BCUT2D eigenvalue weighted by atomic mass is 10.5. The number of ether oxygens (including phenoxy) is 1. The molecule has 0 saturated heterocycles. The Labute approximate surface area is 90.3 Å². The van der Waals surface area contributed by atoms with Gasteiger partial charge in [-0.1, -0.05) is 0 Å². The zero-order valence-electron chi connectivity index (χ0n) is 9.19. The van der Waals surface area contributed by atoms with Crippen molar-refractivity contribution in [1.29, 1.82) is 0 Å². The molecule has 1 heterocycles. The SMILES string of the molecule is CO[Si](COCc1ccco1)(OC)OC. The molecular formula is C9H16O5Si. The van der Waals surface area contributed by atoms with E-state index >= 15 is 0 Å². The predicted octanol–water partition coefficient (Wildman–Crippen LogP) is 1.21. The van der Waals surface area contributed by atoms with Crippen LogP contribution in [0.4, 0.5) is 0 Å². The zero-order chi connectivity index (χ0) is 11.1. The molecule has 0 saturated carbocycles. The Balaban J connectivity index is 2.34. The van der Waals surface area contributed by atoms with Crippen LogP contribution in [0.25, 0.3) is 0 Å². The van der Waals surface area contributed by atoms with Crippen molar-refractivity contribution in [3.05, 3.63) is 24.2 Å². The van der Waals surface area contributed by atoms with Gasteiger partial charge in [0.15, 0.2) is 0 Å². The van der Waals surface area contributed by atoms with Crippen molar-refractivity contribution in [3.8, 4) is 0 Å². The van der Waals surface area contributed by atoms with E-state index in [-0.39, 0.29) is 0 Å². The Bertz CT molecular complexity index is 249. The van der Waals surface area contributed by atoms with Gasteiger partial charge >= 0.3 is 8.80 Å². The molecule has 0 aromatic carbocycles. The minimum Gasteiger partial charge on any atom is -0.467 e. The van der Waals surface area contributed by atoms with Crippen molar-refractivity contribution in [2.45, 2.75) is 6.61 Å². The summed E-state index contributed by atoms with van der Waals surface area (Å²) >= 11 is 0. The number of furan rings is 1. The van der Waals surface area contributed by atoms with Crippen LogP contribution in [0, 0.1) is 0 Å². The smallest absolute Gasteiger partial charge is 0.467 e. The lowest BCUT2D eigenvalue weighted by Crippen LogP contribution is -2.48. The van der Waals surface area contributed by atoms with Crippen LogP contribution in [-0.2, 0) is 24.6 Å². The average Bonchev–Trinajstić information content (AvgIpc) is 2.78. The molecule has 0 fully saturated rings. The van der Waals surface area contributed by atoms with Crippen LogP contribution in [0.2, 0.25) is 0 Å². The molecule has 1 aromatic rings. The molecule has 15 heavy (non-hydrogen) atoms. The molecule has 0 atom stereocenters. The average molecular weight is 232 g/mol. The van der Waals surface area contributed by atoms with Crippen molar-refractivity contribution in [3.63, 3.8) is 0 Å². The molecule has 0 aliphatic heterocycles. The summed E-state index contributed by atoms with van der Waals surface area (Å²) in [6.45, 7) is 0.387. The van der Waals surface area contributed by atoms with E-state index in [4.69, 9.17) is 22.4 Å². The monoisotopic (exact) mass is 232 g/mol. The number of rotatable bonds is 7. The maximum absolute atomic E-state index is 5.41. The van der Waals surface area contributed by atoms with Crippen LogP contribution < -0.4 is 0 Å². The quantitative estimate of drug-likeness (QED) is 0.661. The van der Waals surface area contributed by atoms with Crippen LogP contribution in [0.1, 0.15) is 5.76 Å². The second-order valence-electron chi connectivity index (χ2n) is 2.87. The number of hydrogen-bond acceptors (Lipinski definition) is 5. The van der Waals surface area contributed by atoms with Gasteiger partial charge in [-0.3, -0.25) is 0 Å². The third-order valence-electron chi connectivity index (χ3n) is 2.04. The van der Waals surface area contributed by atoms with Gasteiger partial charge in [0.1, 0.15) is 18.6 Å². The van der Waals surface area contributed by atoms with Gasteiger partial charge in [0.2, 0.25) is 0 Å². The molecule has 0 amide bonds. The molecule has 0 bridgehead atoms. The first-order valence-electron chi connectivity index (χ1n) is 4.52. The van der Waals surface area contributed by atoms with Gasteiger partial charge in [-0.15, -0.1) is 0 Å². The highest BCUT2D eigenvalue weighted by molar-refractivity contribution is 6.60. The van der Waals surface area contributed by atoms with E-state index in [2.05, 4.69) is 0 Å². The van der Waals surface area contributed by atoms with Gasteiger partial charge in [-0.05, 0) is 12.1 Å². The Morgan fingerprint density at radius 1 is 1.20 bits per heavy atom. The van der Waals surface area contributed by atoms with Gasteiger partial charge in [-0.25, -0.2) is 0 Å². The molecular weight excluding hydrogens is 216 g/mol. The Morgan fingerprint density at radius 3 is 2.33 bits per heavy atom. The van der Waals surface area contributed by atoms with E-state index in [0.717, 1.165) is 5.76 Å². The second kappa shape index (κ2) is 6.04. The second-order valence-corrected chi connectivity index (χ2v) is 5.75. The van der Waals surface area contributed by atoms with E-state index < -0.39 is 8.80 Å². The van der Waals surface area contributed by atoms with Crippen molar-refractivity contribution >= 4 is 8.80 Å². The summed E-state index contributed by atoms with van der Waals surface area (Å²) in [6.07, 6.45) is 1.91. The maximum Gasteiger partial charge on any atom is 0.527 e. The highest BCUT2D eigenvalue weighted by Gasteiger charge is 2.38. The van der Waals surface area contributed by atoms with E-state index in [1.165, 1.54) is 0 Å². The molecule has 6 heteroatoms. The van der Waals surface area contributed by atoms with Crippen LogP contribution >= 0.6 is 0 Å². The summed E-state index contributed by atoms with van der Waals surface area (Å²) in [5.74, 6) is 0.765. The molecule has 0 spiro atoms. The van der Waals surface area contributed by atoms with E-state index in [0.29, 0.717) is 12.8 Å². The van der Waals surface area contributed by atoms with Crippen LogP contribution in [0.15, 0.2) is 22.8 Å². The Kier molecular flexibility index (Phi) is 4.99. The lowest BCUT2D eigenvalue weighted by molar-refractivity contribution is 0.0527. The topological polar surface area (TPSA) is 50.1 Å². The number of hydrogen-bond donors (Lipinski definition) is 0. The summed E-state index contributed by atoms with van der Waals surface area (Å²) in [4.78, 5) is 0. The molecule has 0 N–H and O–H groups in total. The van der Waals surface area contributed by atoms with Crippen molar-refractivity contribution in [2.75, 3.05) is 27.6 Å². The summed E-state index contributed by atoms with van der Waals surface area (Å²) in [7, 11) is 2.04. The molecule has 0 unspecified atom stereocenters. The summed E-state index contributed by atoms with van der Waals surface area (Å²) in [5.41, 5.74) is 0. The lowest BCUT2D eigenvalue weighted by Gasteiger charge is -2.23. The van der Waals surface area contributed by atoms with Crippen LogP contribution in [0.5, 0.6) is 0 Å². The molecule has 86 valence electrons. The van der Waals surface area contributed by atoms with E-state index in [9.17, 15) is 0 Å². The molecule has 1 rings (SSSR count). The molecule has 1 aromatic heterocycles. The fraction of sp³-hybridized carbons (Fsp3) is 0.556. The first-order chi connectivity index (χ1) is 7.26.